The number of nitrogens with one attached hydrogen (secondary N) is 1. The molecule has 0 bridgehead atoms. The van der Waals surface area contributed by atoms with Crippen molar-refractivity contribution in [1.82, 2.24) is 4.72 Å². The molecule has 2 atom stereocenters. The summed E-state index contributed by atoms with van der Waals surface area (Å²) in [5, 5.41) is 9.35. The highest BCUT2D eigenvalue weighted by Gasteiger charge is 2.25. The molecule has 0 radical (unpaired) electrons. The van der Waals surface area contributed by atoms with Crippen LogP contribution in [0.1, 0.15) is 18.4 Å². The Balaban J connectivity index is 1.91. The minimum Gasteiger partial charge on any atom is -0.395 e. The first-order chi connectivity index (χ1) is 9.59. The van der Waals surface area contributed by atoms with Gasteiger partial charge in [0.2, 0.25) is 10.0 Å². The predicted molar refractivity (Wildman–Crippen MR) is 76.9 cm³/mol. The van der Waals surface area contributed by atoms with E-state index >= 15 is 0 Å². The number of sulfonamides is 1. The fraction of sp³-hybridized carbons (Fsp3) is 0.571. The first-order valence-corrected chi connectivity index (χ1v) is 8.50. The second-order valence-electron chi connectivity index (χ2n) is 5.10. The van der Waals surface area contributed by atoms with Crippen LogP contribution in [0.3, 0.4) is 0 Å². The zero-order chi connectivity index (χ0) is 14.4. The van der Waals surface area contributed by atoms with Gasteiger partial charge < -0.3 is 9.84 Å². The Kier molecular flexibility index (Phi) is 5.54. The van der Waals surface area contributed by atoms with E-state index in [1.54, 1.807) is 0 Å². The van der Waals surface area contributed by atoms with E-state index in [1.165, 1.54) is 0 Å². The van der Waals surface area contributed by atoms with Gasteiger partial charge in [-0.2, -0.15) is 0 Å². The van der Waals surface area contributed by atoms with Crippen LogP contribution in [0.5, 0.6) is 0 Å². The summed E-state index contributed by atoms with van der Waals surface area (Å²) in [5.41, 5.74) is 0.992. The Morgan fingerprint density at radius 2 is 2.10 bits per heavy atom. The van der Waals surface area contributed by atoms with Gasteiger partial charge in [-0.3, -0.25) is 0 Å². The molecule has 0 aromatic heterocycles. The van der Waals surface area contributed by atoms with Crippen LogP contribution in [0, 0.1) is 0 Å². The van der Waals surface area contributed by atoms with Crippen LogP contribution in [0.2, 0.25) is 0 Å². The minimum absolute atomic E-state index is 0.0295. The van der Waals surface area contributed by atoms with Crippen LogP contribution in [0.4, 0.5) is 0 Å². The molecular weight excluding hydrogens is 278 g/mol. The van der Waals surface area contributed by atoms with Crippen molar-refractivity contribution >= 4 is 10.0 Å². The molecule has 112 valence electrons. The van der Waals surface area contributed by atoms with Crippen LogP contribution in [-0.4, -0.2) is 44.6 Å². The topological polar surface area (TPSA) is 75.6 Å². The molecule has 2 N–H and O–H groups in total. The second-order valence-corrected chi connectivity index (χ2v) is 6.90. The van der Waals surface area contributed by atoms with E-state index in [9.17, 15) is 13.5 Å². The Bertz CT molecular complexity index is 497. The molecule has 0 aliphatic carbocycles. The van der Waals surface area contributed by atoms with Crippen molar-refractivity contribution in [2.24, 2.45) is 0 Å². The zero-order valence-electron chi connectivity index (χ0n) is 11.4. The maximum atomic E-state index is 12.0. The lowest BCUT2D eigenvalue weighted by atomic mass is 10.1. The fourth-order valence-corrected chi connectivity index (χ4v) is 3.88. The molecule has 0 saturated carbocycles. The first kappa shape index (κ1) is 15.4. The van der Waals surface area contributed by atoms with Gasteiger partial charge in [0, 0.05) is 12.6 Å². The van der Waals surface area contributed by atoms with E-state index in [0.717, 1.165) is 18.4 Å². The Morgan fingerprint density at radius 3 is 2.70 bits per heavy atom. The van der Waals surface area contributed by atoms with Gasteiger partial charge in [0.25, 0.3) is 0 Å². The molecule has 1 unspecified atom stereocenters. The maximum Gasteiger partial charge on any atom is 0.214 e. The summed E-state index contributed by atoms with van der Waals surface area (Å²) in [6.45, 7) is 0.410. The monoisotopic (exact) mass is 299 g/mol. The lowest BCUT2D eigenvalue weighted by Gasteiger charge is -2.18. The SMILES string of the molecule is O=S(=O)(CC1CCCO1)N[C@H](CO)Cc1ccccc1. The van der Waals surface area contributed by atoms with Crippen molar-refractivity contribution in [2.45, 2.75) is 31.4 Å². The summed E-state index contributed by atoms with van der Waals surface area (Å²) in [5.74, 6) is -0.0295. The summed E-state index contributed by atoms with van der Waals surface area (Å²) < 4.78 is 32.0. The molecular formula is C14H21NO4S. The molecule has 1 aliphatic heterocycles. The van der Waals surface area contributed by atoms with Crippen molar-refractivity contribution in [3.63, 3.8) is 0 Å². The quantitative estimate of drug-likeness (QED) is 0.777. The van der Waals surface area contributed by atoms with Crippen LogP contribution in [0.25, 0.3) is 0 Å². The second kappa shape index (κ2) is 7.17. The van der Waals surface area contributed by atoms with Gasteiger partial charge in [-0.15, -0.1) is 0 Å². The molecule has 1 aromatic rings. The van der Waals surface area contributed by atoms with Gasteiger partial charge in [-0.1, -0.05) is 30.3 Å². The lowest BCUT2D eigenvalue weighted by Crippen LogP contribution is -2.42. The van der Waals surface area contributed by atoms with Gasteiger partial charge >= 0.3 is 0 Å². The number of benzene rings is 1. The summed E-state index contributed by atoms with van der Waals surface area (Å²) in [4.78, 5) is 0. The van der Waals surface area contributed by atoms with Crippen LogP contribution >= 0.6 is 0 Å². The molecule has 1 heterocycles. The van der Waals surface area contributed by atoms with Gasteiger partial charge in [0.1, 0.15) is 0 Å². The molecule has 5 nitrogen and oxygen atoms in total. The molecule has 0 spiro atoms. The third-order valence-electron chi connectivity index (χ3n) is 3.32. The van der Waals surface area contributed by atoms with Gasteiger partial charge in [0.05, 0.1) is 18.5 Å². The summed E-state index contributed by atoms with van der Waals surface area (Å²) in [7, 11) is -3.43. The molecule has 0 amide bonds. The fourth-order valence-electron chi connectivity index (χ4n) is 2.36. The minimum atomic E-state index is -3.43. The number of ether oxygens (including phenoxy) is 1. The first-order valence-electron chi connectivity index (χ1n) is 6.85. The van der Waals surface area contributed by atoms with E-state index in [4.69, 9.17) is 4.74 Å². The number of hydrogen-bond donors (Lipinski definition) is 2. The normalized spacial score (nSPS) is 20.9. The van der Waals surface area contributed by atoms with Gasteiger partial charge in [-0.05, 0) is 24.8 Å². The zero-order valence-corrected chi connectivity index (χ0v) is 12.2. The van der Waals surface area contributed by atoms with E-state index in [-0.39, 0.29) is 18.5 Å². The standard InChI is InChI=1S/C14H21NO4S/c16-10-13(9-12-5-2-1-3-6-12)15-20(17,18)11-14-7-4-8-19-14/h1-3,5-6,13-16H,4,7-11H2/t13-,14?/m0/s1. The average Bonchev–Trinajstić information content (AvgIpc) is 2.91. The average molecular weight is 299 g/mol. The predicted octanol–water partition coefficient (Wildman–Crippen LogP) is 0.688. The van der Waals surface area contributed by atoms with Gasteiger partial charge in [-0.25, -0.2) is 13.1 Å². The number of rotatable bonds is 7. The smallest absolute Gasteiger partial charge is 0.214 e. The number of hydrogen-bond acceptors (Lipinski definition) is 4. The van der Waals surface area contributed by atoms with E-state index in [0.29, 0.717) is 13.0 Å². The molecule has 1 saturated heterocycles. The Labute approximate surface area is 120 Å². The number of aliphatic hydroxyl groups is 1. The summed E-state index contributed by atoms with van der Waals surface area (Å²) in [6.07, 6.45) is 1.95. The maximum absolute atomic E-state index is 12.0. The summed E-state index contributed by atoms with van der Waals surface area (Å²) in [6, 6.07) is 9.02. The largest absolute Gasteiger partial charge is 0.395 e. The van der Waals surface area contributed by atoms with Gasteiger partial charge in [0.15, 0.2) is 0 Å². The lowest BCUT2D eigenvalue weighted by molar-refractivity contribution is 0.127. The van der Waals surface area contributed by atoms with E-state index in [1.807, 2.05) is 30.3 Å². The van der Waals surface area contributed by atoms with Crippen LogP contribution < -0.4 is 4.72 Å². The van der Waals surface area contributed by atoms with Crippen molar-refractivity contribution in [3.05, 3.63) is 35.9 Å². The Hall–Kier alpha value is -0.950. The molecule has 20 heavy (non-hydrogen) atoms. The molecule has 1 aromatic carbocycles. The van der Waals surface area contributed by atoms with Crippen molar-refractivity contribution in [3.8, 4) is 0 Å². The molecule has 2 rings (SSSR count). The van der Waals surface area contributed by atoms with Crippen molar-refractivity contribution in [2.75, 3.05) is 19.0 Å². The van der Waals surface area contributed by atoms with Crippen LogP contribution in [0.15, 0.2) is 30.3 Å². The highest BCUT2D eigenvalue weighted by Crippen LogP contribution is 2.14. The van der Waals surface area contributed by atoms with E-state index < -0.39 is 16.1 Å². The molecule has 1 aliphatic rings. The van der Waals surface area contributed by atoms with E-state index in [2.05, 4.69) is 4.72 Å². The van der Waals surface area contributed by atoms with Crippen molar-refractivity contribution in [1.29, 1.82) is 0 Å². The third kappa shape index (κ3) is 4.86. The molecule has 1 fully saturated rings. The number of aliphatic hydroxyl groups excluding tert-OH is 1. The Morgan fingerprint density at radius 1 is 1.35 bits per heavy atom. The summed E-state index contributed by atoms with van der Waals surface area (Å²) >= 11 is 0. The highest BCUT2D eigenvalue weighted by molar-refractivity contribution is 7.89. The van der Waals surface area contributed by atoms with Crippen LogP contribution in [-0.2, 0) is 21.2 Å². The van der Waals surface area contributed by atoms with Crippen molar-refractivity contribution < 1.29 is 18.3 Å². The molecule has 6 heteroatoms. The third-order valence-corrected chi connectivity index (χ3v) is 4.82. The highest BCUT2D eigenvalue weighted by atomic mass is 32.2.